The number of aromatic nitrogens is 3. The van der Waals surface area contributed by atoms with Crippen LogP contribution in [0.15, 0.2) is 40.7 Å². The maximum atomic E-state index is 12.7. The number of nitrogens with zero attached hydrogens (tertiary/aromatic N) is 3. The van der Waals surface area contributed by atoms with Crippen LogP contribution in [0.2, 0.25) is 0 Å². The second-order valence-corrected chi connectivity index (χ2v) is 7.36. The molecule has 2 aromatic rings. The maximum Gasteiger partial charge on any atom is 0.227 e. The predicted octanol–water partition coefficient (Wildman–Crippen LogP) is 3.51. The largest absolute Gasteiger partial charge is 0.508 e. The Morgan fingerprint density at radius 1 is 1.32 bits per heavy atom. The fourth-order valence-electron chi connectivity index (χ4n) is 3.36. The van der Waals surface area contributed by atoms with E-state index in [1.165, 1.54) is 0 Å². The molecular weight excluding hydrogens is 336 g/mol. The summed E-state index contributed by atoms with van der Waals surface area (Å²) in [7, 11) is 0. The van der Waals surface area contributed by atoms with E-state index >= 15 is 0 Å². The van der Waals surface area contributed by atoms with Gasteiger partial charge in [-0.05, 0) is 37.0 Å². The Hall–Kier alpha value is -2.28. The maximum absolute atomic E-state index is 12.7. The van der Waals surface area contributed by atoms with Crippen molar-refractivity contribution >= 4 is 23.5 Å². The lowest BCUT2D eigenvalue weighted by Gasteiger charge is -2.32. The molecule has 1 aliphatic carbocycles. The van der Waals surface area contributed by atoms with Crippen molar-refractivity contribution < 1.29 is 9.90 Å². The molecule has 1 atom stereocenters. The van der Waals surface area contributed by atoms with Gasteiger partial charge in [0.2, 0.25) is 11.1 Å². The van der Waals surface area contributed by atoms with Crippen LogP contribution in [0.5, 0.6) is 5.75 Å². The van der Waals surface area contributed by atoms with Gasteiger partial charge in [-0.3, -0.25) is 4.79 Å². The van der Waals surface area contributed by atoms with Crippen molar-refractivity contribution in [3.8, 4) is 5.75 Å². The number of aromatic hydroxyl groups is 1. The number of carbonyl (C=O) groups is 1. The first kappa shape index (κ1) is 16.2. The molecule has 4 rings (SSSR count). The Balaban J connectivity index is 1.82. The van der Waals surface area contributed by atoms with Crippen molar-refractivity contribution in [3.05, 3.63) is 41.1 Å². The van der Waals surface area contributed by atoms with Crippen molar-refractivity contribution in [1.29, 1.82) is 0 Å². The van der Waals surface area contributed by atoms with Gasteiger partial charge in [0, 0.05) is 23.4 Å². The van der Waals surface area contributed by atoms with E-state index < -0.39 is 0 Å². The number of allylic oxidation sites excluding steroid dienone is 2. The highest BCUT2D eigenvalue weighted by Gasteiger charge is 2.36. The number of nitrogens with one attached hydrogen (secondary N) is 1. The van der Waals surface area contributed by atoms with E-state index in [0.29, 0.717) is 12.4 Å². The second-order valence-electron chi connectivity index (χ2n) is 6.30. The topological polar surface area (TPSA) is 80.0 Å². The molecule has 7 heteroatoms. The highest BCUT2D eigenvalue weighted by molar-refractivity contribution is 7.99. The zero-order valence-corrected chi connectivity index (χ0v) is 14.8. The van der Waals surface area contributed by atoms with Gasteiger partial charge >= 0.3 is 0 Å². The van der Waals surface area contributed by atoms with Crippen LogP contribution in [0.1, 0.15) is 44.2 Å². The summed E-state index contributed by atoms with van der Waals surface area (Å²) in [5, 5.41) is 18.3. The van der Waals surface area contributed by atoms with Crippen LogP contribution in [0, 0.1) is 0 Å². The molecule has 25 heavy (non-hydrogen) atoms. The van der Waals surface area contributed by atoms with E-state index in [0.717, 1.165) is 47.0 Å². The Labute approximate surface area is 150 Å². The predicted molar refractivity (Wildman–Crippen MR) is 96.8 cm³/mol. The van der Waals surface area contributed by atoms with E-state index in [1.54, 1.807) is 23.9 Å². The summed E-state index contributed by atoms with van der Waals surface area (Å²) in [6.07, 6.45) is 3.33. The quantitative estimate of drug-likeness (QED) is 0.816. The lowest BCUT2D eigenvalue weighted by molar-refractivity contribution is -0.116. The minimum absolute atomic E-state index is 0.163. The normalized spacial score (nSPS) is 19.4. The summed E-state index contributed by atoms with van der Waals surface area (Å²) in [4.78, 5) is 17.3. The van der Waals surface area contributed by atoms with Gasteiger partial charge in [-0.1, -0.05) is 30.8 Å². The van der Waals surface area contributed by atoms with Crippen LogP contribution in [0.25, 0.3) is 0 Å². The lowest BCUT2D eigenvalue weighted by atomic mass is 9.85. The molecule has 0 saturated heterocycles. The number of hydrogen-bond acceptors (Lipinski definition) is 6. The Morgan fingerprint density at radius 3 is 2.88 bits per heavy atom. The van der Waals surface area contributed by atoms with Crippen molar-refractivity contribution in [2.24, 2.45) is 0 Å². The molecule has 6 nitrogen and oxygen atoms in total. The third-order valence-electron chi connectivity index (χ3n) is 4.49. The van der Waals surface area contributed by atoms with Gasteiger partial charge in [0.05, 0.1) is 0 Å². The van der Waals surface area contributed by atoms with E-state index in [2.05, 4.69) is 22.3 Å². The van der Waals surface area contributed by atoms with E-state index in [9.17, 15) is 9.90 Å². The number of hydrogen-bond donors (Lipinski definition) is 2. The number of benzene rings is 1. The van der Waals surface area contributed by atoms with E-state index in [1.807, 2.05) is 16.8 Å². The summed E-state index contributed by atoms with van der Waals surface area (Å²) in [5.41, 5.74) is 2.67. The molecule has 0 spiro atoms. The number of thioether (sulfide) groups is 1. The summed E-state index contributed by atoms with van der Waals surface area (Å²) < 4.78 is 1.81. The standard InChI is InChI=1S/C18H20N4O2S/c1-2-10-25-18-20-17-19-13-4-3-5-14(24)15(13)16(22(17)21-18)11-6-8-12(23)9-7-11/h6-9,16,23H,2-5,10H2,1H3,(H,19,20,21). The van der Waals surface area contributed by atoms with E-state index in [-0.39, 0.29) is 17.6 Å². The monoisotopic (exact) mass is 356 g/mol. The van der Waals surface area contributed by atoms with Crippen molar-refractivity contribution in [1.82, 2.24) is 14.8 Å². The van der Waals surface area contributed by atoms with Gasteiger partial charge in [0.25, 0.3) is 0 Å². The lowest BCUT2D eigenvalue weighted by Crippen LogP contribution is -2.31. The molecule has 0 fully saturated rings. The number of rotatable bonds is 4. The smallest absolute Gasteiger partial charge is 0.227 e. The number of Topliss-reactive ketones (excluding diaryl/α,β-unsaturated/α-hetero) is 1. The number of anilines is 1. The first-order chi connectivity index (χ1) is 12.2. The number of ketones is 1. The average Bonchev–Trinajstić information content (AvgIpc) is 3.01. The Bertz CT molecular complexity index is 841. The minimum atomic E-state index is -0.289. The molecule has 0 amide bonds. The first-order valence-electron chi connectivity index (χ1n) is 8.59. The Morgan fingerprint density at radius 2 is 2.12 bits per heavy atom. The van der Waals surface area contributed by atoms with Crippen LogP contribution < -0.4 is 5.32 Å². The SMILES string of the molecule is CCCSc1nc2n(n1)C(c1ccc(O)cc1)C1=C(CCCC1=O)N2. The van der Waals surface area contributed by atoms with Gasteiger partial charge < -0.3 is 10.4 Å². The molecule has 1 aromatic heterocycles. The fraction of sp³-hybridized carbons (Fsp3) is 0.389. The van der Waals surface area contributed by atoms with Gasteiger partial charge in [-0.15, -0.1) is 5.10 Å². The van der Waals surface area contributed by atoms with Gasteiger partial charge in [-0.2, -0.15) is 4.98 Å². The number of phenolic OH excluding ortho intramolecular Hbond substituents is 1. The number of phenols is 1. The molecule has 1 aliphatic heterocycles. The van der Waals surface area contributed by atoms with E-state index in [4.69, 9.17) is 0 Å². The molecule has 0 radical (unpaired) electrons. The van der Waals surface area contributed by atoms with Crippen LogP contribution in [0.4, 0.5) is 5.95 Å². The third-order valence-corrected chi connectivity index (χ3v) is 5.54. The number of fused-ring (bicyclic) bond motifs is 1. The van der Waals surface area contributed by atoms with Crippen molar-refractivity contribution in [2.75, 3.05) is 11.1 Å². The highest BCUT2D eigenvalue weighted by Crippen LogP contribution is 2.40. The van der Waals surface area contributed by atoms with Gasteiger partial charge in [0.15, 0.2) is 5.78 Å². The highest BCUT2D eigenvalue weighted by atomic mass is 32.2. The van der Waals surface area contributed by atoms with Crippen molar-refractivity contribution in [2.45, 2.75) is 43.8 Å². The molecule has 2 heterocycles. The van der Waals surface area contributed by atoms with Crippen LogP contribution in [-0.4, -0.2) is 31.4 Å². The molecule has 1 aromatic carbocycles. The fourth-order valence-corrected chi connectivity index (χ4v) is 4.04. The average molecular weight is 356 g/mol. The zero-order chi connectivity index (χ0) is 17.4. The van der Waals surface area contributed by atoms with Crippen LogP contribution in [-0.2, 0) is 4.79 Å². The summed E-state index contributed by atoms with van der Waals surface area (Å²) in [6.45, 7) is 2.12. The van der Waals surface area contributed by atoms with Crippen molar-refractivity contribution in [3.63, 3.8) is 0 Å². The summed E-state index contributed by atoms with van der Waals surface area (Å²) in [6, 6.07) is 6.70. The summed E-state index contributed by atoms with van der Waals surface area (Å²) >= 11 is 1.62. The molecule has 1 unspecified atom stereocenters. The molecule has 0 bridgehead atoms. The molecule has 2 N–H and O–H groups in total. The number of carbonyl (C=O) groups excluding carboxylic acids is 1. The van der Waals surface area contributed by atoms with Gasteiger partial charge in [-0.25, -0.2) is 4.68 Å². The second kappa shape index (κ2) is 6.55. The zero-order valence-electron chi connectivity index (χ0n) is 14.0. The minimum Gasteiger partial charge on any atom is -0.508 e. The first-order valence-corrected chi connectivity index (χ1v) is 9.57. The molecule has 130 valence electrons. The molecule has 0 saturated carbocycles. The third kappa shape index (κ3) is 2.93. The molecular formula is C18H20N4O2S. The molecule has 2 aliphatic rings. The van der Waals surface area contributed by atoms with Crippen LogP contribution >= 0.6 is 11.8 Å². The van der Waals surface area contributed by atoms with Gasteiger partial charge in [0.1, 0.15) is 11.8 Å². The Kier molecular flexibility index (Phi) is 4.25. The summed E-state index contributed by atoms with van der Waals surface area (Å²) in [5.74, 6) is 2.01. The van der Waals surface area contributed by atoms with Crippen LogP contribution in [0.3, 0.4) is 0 Å².